The molecule has 19 heavy (non-hydrogen) atoms. The van der Waals surface area contributed by atoms with Crippen LogP contribution in [0.1, 0.15) is 34.7 Å². The standard InChI is InChI=1S/C14H19N3S2/c1-4-12(15)13(11-7-5-9(2)6-8-11)19-14-17-16-10(3)18-14/h5-8,12-13H,4,15H2,1-3H3. The van der Waals surface area contributed by atoms with Crippen molar-refractivity contribution >= 4 is 23.1 Å². The molecule has 1 aromatic carbocycles. The van der Waals surface area contributed by atoms with Crippen LogP contribution in [-0.4, -0.2) is 16.2 Å². The summed E-state index contributed by atoms with van der Waals surface area (Å²) in [5, 5.41) is 9.49. The predicted molar refractivity (Wildman–Crippen MR) is 82.7 cm³/mol. The van der Waals surface area contributed by atoms with Crippen molar-refractivity contribution in [2.75, 3.05) is 0 Å². The van der Waals surface area contributed by atoms with E-state index in [0.29, 0.717) is 0 Å². The van der Waals surface area contributed by atoms with E-state index in [1.807, 2.05) is 6.92 Å². The van der Waals surface area contributed by atoms with E-state index in [-0.39, 0.29) is 11.3 Å². The lowest BCUT2D eigenvalue weighted by Gasteiger charge is -2.21. The van der Waals surface area contributed by atoms with Crippen LogP contribution in [0.15, 0.2) is 28.6 Å². The second kappa shape index (κ2) is 6.50. The maximum absolute atomic E-state index is 6.28. The van der Waals surface area contributed by atoms with Gasteiger partial charge in [-0.3, -0.25) is 0 Å². The Balaban J connectivity index is 2.23. The van der Waals surface area contributed by atoms with Crippen LogP contribution in [0.5, 0.6) is 0 Å². The minimum Gasteiger partial charge on any atom is -0.326 e. The topological polar surface area (TPSA) is 51.8 Å². The van der Waals surface area contributed by atoms with E-state index in [4.69, 9.17) is 5.73 Å². The zero-order chi connectivity index (χ0) is 13.8. The van der Waals surface area contributed by atoms with Gasteiger partial charge in [0.25, 0.3) is 0 Å². The van der Waals surface area contributed by atoms with Crippen molar-refractivity contribution in [3.8, 4) is 0 Å². The summed E-state index contributed by atoms with van der Waals surface area (Å²) in [5.74, 6) is 0. The lowest BCUT2D eigenvalue weighted by atomic mass is 10.0. The van der Waals surface area contributed by atoms with Gasteiger partial charge in [-0.2, -0.15) is 0 Å². The second-order valence-electron chi connectivity index (χ2n) is 4.61. The molecule has 0 saturated heterocycles. The summed E-state index contributed by atoms with van der Waals surface area (Å²) in [6, 6.07) is 8.72. The van der Waals surface area contributed by atoms with Crippen molar-refractivity contribution in [1.29, 1.82) is 0 Å². The highest BCUT2D eigenvalue weighted by molar-refractivity contribution is 8.01. The Morgan fingerprint density at radius 1 is 1.21 bits per heavy atom. The number of aromatic nitrogens is 2. The summed E-state index contributed by atoms with van der Waals surface area (Å²) in [7, 11) is 0. The fourth-order valence-corrected chi connectivity index (χ4v) is 4.05. The second-order valence-corrected chi connectivity index (χ2v) is 7.18. The minimum atomic E-state index is 0.122. The van der Waals surface area contributed by atoms with Crippen LogP contribution < -0.4 is 5.73 Å². The lowest BCUT2D eigenvalue weighted by Crippen LogP contribution is -2.25. The molecule has 102 valence electrons. The van der Waals surface area contributed by atoms with Gasteiger partial charge in [-0.05, 0) is 25.8 Å². The average molecular weight is 293 g/mol. The van der Waals surface area contributed by atoms with Crippen molar-refractivity contribution in [2.24, 2.45) is 5.73 Å². The highest BCUT2D eigenvalue weighted by Crippen LogP contribution is 2.39. The van der Waals surface area contributed by atoms with Gasteiger partial charge >= 0.3 is 0 Å². The van der Waals surface area contributed by atoms with Crippen molar-refractivity contribution in [3.05, 3.63) is 40.4 Å². The van der Waals surface area contributed by atoms with E-state index in [0.717, 1.165) is 15.8 Å². The SMILES string of the molecule is CCC(N)C(Sc1nnc(C)s1)c1ccc(C)cc1. The third-order valence-electron chi connectivity index (χ3n) is 3.00. The fraction of sp³-hybridized carbons (Fsp3) is 0.429. The largest absolute Gasteiger partial charge is 0.326 e. The quantitative estimate of drug-likeness (QED) is 0.854. The summed E-state index contributed by atoms with van der Waals surface area (Å²) < 4.78 is 0.993. The molecule has 0 aliphatic carbocycles. The van der Waals surface area contributed by atoms with Gasteiger partial charge in [-0.25, -0.2) is 0 Å². The Hall–Kier alpha value is -0.910. The van der Waals surface area contributed by atoms with E-state index >= 15 is 0 Å². The minimum absolute atomic E-state index is 0.122. The molecule has 2 unspecified atom stereocenters. The molecule has 2 N–H and O–H groups in total. The summed E-state index contributed by atoms with van der Waals surface area (Å²) in [6.07, 6.45) is 0.948. The zero-order valence-corrected chi connectivity index (χ0v) is 13.1. The molecule has 3 nitrogen and oxygen atoms in total. The number of nitrogens with zero attached hydrogens (tertiary/aromatic N) is 2. The van der Waals surface area contributed by atoms with Crippen molar-refractivity contribution in [2.45, 2.75) is 42.8 Å². The molecular formula is C14H19N3S2. The van der Waals surface area contributed by atoms with Crippen molar-refractivity contribution in [3.63, 3.8) is 0 Å². The Morgan fingerprint density at radius 3 is 2.42 bits per heavy atom. The molecule has 2 atom stereocenters. The van der Waals surface area contributed by atoms with Gasteiger partial charge in [-0.1, -0.05) is 59.9 Å². The first-order chi connectivity index (χ1) is 9.10. The number of thioether (sulfide) groups is 1. The molecule has 2 rings (SSSR count). The van der Waals surface area contributed by atoms with Crippen LogP contribution >= 0.6 is 23.1 Å². The molecule has 0 aliphatic rings. The zero-order valence-electron chi connectivity index (χ0n) is 11.5. The van der Waals surface area contributed by atoms with Gasteiger partial charge in [0.2, 0.25) is 0 Å². The number of benzene rings is 1. The third kappa shape index (κ3) is 3.78. The number of hydrogen-bond acceptors (Lipinski definition) is 5. The molecule has 0 bridgehead atoms. The number of aryl methyl sites for hydroxylation is 2. The smallest absolute Gasteiger partial charge is 0.174 e. The number of rotatable bonds is 5. The van der Waals surface area contributed by atoms with E-state index in [2.05, 4.69) is 48.3 Å². The summed E-state index contributed by atoms with van der Waals surface area (Å²) in [5.41, 5.74) is 8.81. The van der Waals surface area contributed by atoms with Crippen LogP contribution in [0.4, 0.5) is 0 Å². The predicted octanol–water partition coefficient (Wildman–Crippen LogP) is 3.73. The molecule has 2 aromatic rings. The van der Waals surface area contributed by atoms with Gasteiger partial charge in [0.1, 0.15) is 5.01 Å². The molecule has 0 aliphatic heterocycles. The van der Waals surface area contributed by atoms with Gasteiger partial charge in [0.05, 0.1) is 5.25 Å². The van der Waals surface area contributed by atoms with Crippen LogP contribution in [-0.2, 0) is 0 Å². The van der Waals surface area contributed by atoms with Crippen molar-refractivity contribution in [1.82, 2.24) is 10.2 Å². The average Bonchev–Trinajstić information content (AvgIpc) is 2.82. The van der Waals surface area contributed by atoms with E-state index in [1.165, 1.54) is 11.1 Å². The Bertz CT molecular complexity index is 522. The normalized spacial score (nSPS) is 14.3. The summed E-state index contributed by atoms with van der Waals surface area (Å²) in [6.45, 7) is 6.19. The Labute approximate surface area is 122 Å². The number of nitrogens with two attached hydrogens (primary N) is 1. The van der Waals surface area contributed by atoms with E-state index < -0.39 is 0 Å². The van der Waals surface area contributed by atoms with Crippen LogP contribution in [0.3, 0.4) is 0 Å². The van der Waals surface area contributed by atoms with Crippen LogP contribution in [0, 0.1) is 13.8 Å². The highest BCUT2D eigenvalue weighted by atomic mass is 32.2. The van der Waals surface area contributed by atoms with Crippen molar-refractivity contribution < 1.29 is 0 Å². The maximum Gasteiger partial charge on any atom is 0.174 e. The van der Waals surface area contributed by atoms with Gasteiger partial charge in [-0.15, -0.1) is 10.2 Å². The molecule has 1 aromatic heterocycles. The molecule has 0 amide bonds. The fourth-order valence-electron chi connectivity index (χ4n) is 1.81. The van der Waals surface area contributed by atoms with E-state index in [1.54, 1.807) is 23.1 Å². The monoisotopic (exact) mass is 293 g/mol. The lowest BCUT2D eigenvalue weighted by molar-refractivity contribution is 0.633. The van der Waals surface area contributed by atoms with Crippen LogP contribution in [0.25, 0.3) is 0 Å². The first-order valence-electron chi connectivity index (χ1n) is 6.39. The molecule has 1 heterocycles. The number of hydrogen-bond donors (Lipinski definition) is 1. The molecule has 0 spiro atoms. The highest BCUT2D eigenvalue weighted by Gasteiger charge is 2.21. The molecular weight excluding hydrogens is 274 g/mol. The Kier molecular flexibility index (Phi) is 4.96. The molecule has 0 fully saturated rings. The van der Waals surface area contributed by atoms with E-state index in [9.17, 15) is 0 Å². The molecule has 0 radical (unpaired) electrons. The van der Waals surface area contributed by atoms with Gasteiger partial charge < -0.3 is 5.73 Å². The van der Waals surface area contributed by atoms with Gasteiger partial charge in [0.15, 0.2) is 4.34 Å². The molecule has 0 saturated carbocycles. The third-order valence-corrected chi connectivity index (χ3v) is 5.33. The Morgan fingerprint density at radius 2 is 1.89 bits per heavy atom. The first kappa shape index (κ1) is 14.5. The summed E-state index contributed by atoms with van der Waals surface area (Å²) in [4.78, 5) is 0. The summed E-state index contributed by atoms with van der Waals surface area (Å²) >= 11 is 3.35. The van der Waals surface area contributed by atoms with Gasteiger partial charge in [0, 0.05) is 6.04 Å². The molecule has 5 heteroatoms. The first-order valence-corrected chi connectivity index (χ1v) is 8.08. The van der Waals surface area contributed by atoms with Crippen LogP contribution in [0.2, 0.25) is 0 Å². The maximum atomic E-state index is 6.28.